The van der Waals surface area contributed by atoms with Gasteiger partial charge < -0.3 is 27.6 Å². The van der Waals surface area contributed by atoms with Gasteiger partial charge in [-0.3, -0.25) is 28.7 Å². The van der Waals surface area contributed by atoms with Crippen LogP contribution in [0.5, 0.6) is 0 Å². The van der Waals surface area contributed by atoms with Crippen molar-refractivity contribution in [2.45, 2.75) is 40.9 Å². The average Bonchev–Trinajstić information content (AvgIpc) is 2.87. The van der Waals surface area contributed by atoms with Gasteiger partial charge >= 0.3 is 27.1 Å². The van der Waals surface area contributed by atoms with Gasteiger partial charge in [-0.1, -0.05) is 0 Å². The topological polar surface area (TPSA) is 149 Å². The minimum Gasteiger partial charge on any atom is -0.460 e. The predicted molar refractivity (Wildman–Crippen MR) is 139 cm³/mol. The number of carbonyl (C=O) groups is 2. The van der Waals surface area contributed by atoms with E-state index >= 15 is 0 Å². The number of esters is 2. The number of nitrogens with zero attached hydrogens (tertiary/aromatic N) is 2. The van der Waals surface area contributed by atoms with Crippen molar-refractivity contribution in [2.75, 3.05) is 38.8 Å². The van der Waals surface area contributed by atoms with E-state index in [1.165, 1.54) is 12.4 Å². The Hall–Kier alpha value is -2.46. The standard InChI is InChI=1S/C24H34N2O10P2/c1-5-33-37(29,34-6-2)17-23(27)31-15-19-9-11-25-21(13-19)22-14-20(10-12-26-22)16-32-24(28)18-38(30,35-7-3)36-8-4/h9-14H,5-8,15-18H2,1-4H3. The van der Waals surface area contributed by atoms with Crippen molar-refractivity contribution in [3.8, 4) is 11.4 Å². The van der Waals surface area contributed by atoms with Crippen molar-refractivity contribution in [1.29, 1.82) is 0 Å². The number of hydrogen-bond acceptors (Lipinski definition) is 12. The molecule has 0 saturated carbocycles. The molecule has 0 radical (unpaired) electrons. The van der Waals surface area contributed by atoms with Crippen LogP contribution in [0.25, 0.3) is 11.4 Å². The van der Waals surface area contributed by atoms with Crippen LogP contribution in [-0.2, 0) is 59.5 Å². The van der Waals surface area contributed by atoms with E-state index in [1.807, 2.05) is 0 Å². The maximum Gasteiger partial charge on any atom is 0.341 e. The van der Waals surface area contributed by atoms with Crippen molar-refractivity contribution in [3.63, 3.8) is 0 Å². The molecule has 2 heterocycles. The molecule has 2 aromatic rings. The second kappa shape index (κ2) is 15.8. The van der Waals surface area contributed by atoms with Crippen LogP contribution in [0.3, 0.4) is 0 Å². The summed E-state index contributed by atoms with van der Waals surface area (Å²) in [5.41, 5.74) is 2.26. The van der Waals surface area contributed by atoms with Gasteiger partial charge in [0.2, 0.25) is 0 Å². The molecule has 0 unspecified atom stereocenters. The Morgan fingerprint density at radius 2 is 1.00 bits per heavy atom. The molecule has 0 aliphatic carbocycles. The molecule has 12 nitrogen and oxygen atoms in total. The SMILES string of the molecule is CCOP(=O)(CC(=O)OCc1ccnc(-c2cc(COC(=O)CP(=O)(OCC)OCC)ccn2)c1)OCC. The van der Waals surface area contributed by atoms with Gasteiger partial charge in [0.05, 0.1) is 37.8 Å². The maximum atomic E-state index is 12.5. The molecule has 2 aromatic heterocycles. The van der Waals surface area contributed by atoms with Gasteiger partial charge in [-0.2, -0.15) is 0 Å². The predicted octanol–water partition coefficient (Wildman–Crippen LogP) is 4.76. The molecule has 0 saturated heterocycles. The minimum absolute atomic E-state index is 0.0797. The molecule has 0 amide bonds. The summed E-state index contributed by atoms with van der Waals surface area (Å²) < 4.78 is 56.0. The zero-order valence-corrected chi connectivity index (χ0v) is 23.8. The van der Waals surface area contributed by atoms with Gasteiger partial charge in [0, 0.05) is 12.4 Å². The highest BCUT2D eigenvalue weighted by Crippen LogP contribution is 2.48. The number of pyridine rings is 2. The van der Waals surface area contributed by atoms with Gasteiger partial charge in [0.25, 0.3) is 0 Å². The number of hydrogen-bond donors (Lipinski definition) is 0. The van der Waals surface area contributed by atoms with Crippen LogP contribution in [0.2, 0.25) is 0 Å². The fourth-order valence-corrected chi connectivity index (χ4v) is 6.09. The first-order valence-corrected chi connectivity index (χ1v) is 15.6. The molecule has 0 N–H and O–H groups in total. The number of carbonyl (C=O) groups excluding carboxylic acids is 2. The third-order valence-electron chi connectivity index (χ3n) is 4.66. The minimum atomic E-state index is -3.55. The second-order valence-corrected chi connectivity index (χ2v) is 11.7. The fraction of sp³-hybridized carbons (Fsp3) is 0.500. The van der Waals surface area contributed by atoms with Gasteiger partial charge in [-0.05, 0) is 63.1 Å². The molecular formula is C24H34N2O10P2. The van der Waals surface area contributed by atoms with Crippen LogP contribution in [0.4, 0.5) is 0 Å². The van der Waals surface area contributed by atoms with Crippen LogP contribution in [0.15, 0.2) is 36.7 Å². The van der Waals surface area contributed by atoms with E-state index in [1.54, 1.807) is 52.0 Å². The smallest absolute Gasteiger partial charge is 0.341 e. The molecule has 210 valence electrons. The summed E-state index contributed by atoms with van der Waals surface area (Å²) in [6.07, 6.45) is 2.10. The molecule has 0 aliphatic heterocycles. The van der Waals surface area contributed by atoms with Crippen molar-refractivity contribution >= 4 is 27.1 Å². The normalized spacial score (nSPS) is 11.8. The lowest BCUT2D eigenvalue weighted by molar-refractivity contribution is -0.143. The molecule has 0 fully saturated rings. The van der Waals surface area contributed by atoms with Crippen molar-refractivity contribution in [1.82, 2.24) is 9.97 Å². The lowest BCUT2D eigenvalue weighted by Gasteiger charge is -2.16. The van der Waals surface area contributed by atoms with Gasteiger partial charge in [-0.25, -0.2) is 0 Å². The summed E-state index contributed by atoms with van der Waals surface area (Å²) in [4.78, 5) is 33.0. The van der Waals surface area contributed by atoms with E-state index in [-0.39, 0.29) is 39.6 Å². The first-order chi connectivity index (χ1) is 18.2. The summed E-state index contributed by atoms with van der Waals surface area (Å²) in [6.45, 7) is 7.05. The Labute approximate surface area is 222 Å². The van der Waals surface area contributed by atoms with Crippen molar-refractivity contribution in [2.24, 2.45) is 0 Å². The fourth-order valence-electron chi connectivity index (χ4n) is 3.19. The van der Waals surface area contributed by atoms with Crippen LogP contribution >= 0.6 is 15.2 Å². The summed E-state index contributed by atoms with van der Waals surface area (Å²) in [5.74, 6) is -1.43. The highest BCUT2D eigenvalue weighted by atomic mass is 31.2. The van der Waals surface area contributed by atoms with Crippen LogP contribution < -0.4 is 0 Å². The summed E-state index contributed by atoms with van der Waals surface area (Å²) >= 11 is 0. The molecule has 38 heavy (non-hydrogen) atoms. The Morgan fingerprint density at radius 1 is 0.658 bits per heavy atom. The number of aromatic nitrogens is 2. The van der Waals surface area contributed by atoms with Gasteiger partial charge in [0.1, 0.15) is 25.5 Å². The lowest BCUT2D eigenvalue weighted by atomic mass is 10.1. The first kappa shape index (κ1) is 31.8. The average molecular weight is 572 g/mol. The summed E-state index contributed by atoms with van der Waals surface area (Å²) in [7, 11) is -7.11. The quantitative estimate of drug-likeness (QED) is 0.190. The highest BCUT2D eigenvalue weighted by molar-refractivity contribution is 7.55. The van der Waals surface area contributed by atoms with E-state index in [4.69, 9.17) is 27.6 Å². The maximum absolute atomic E-state index is 12.5. The van der Waals surface area contributed by atoms with E-state index in [2.05, 4.69) is 9.97 Å². The van der Waals surface area contributed by atoms with Gasteiger partial charge in [0.15, 0.2) is 0 Å². The molecular weight excluding hydrogens is 538 g/mol. The molecule has 0 aliphatic rings. The van der Waals surface area contributed by atoms with E-state index in [9.17, 15) is 18.7 Å². The van der Waals surface area contributed by atoms with Crippen molar-refractivity contribution in [3.05, 3.63) is 47.8 Å². The summed E-state index contributed by atoms with van der Waals surface area (Å²) in [6, 6.07) is 6.72. The monoisotopic (exact) mass is 572 g/mol. The lowest BCUT2D eigenvalue weighted by Crippen LogP contribution is -2.13. The Morgan fingerprint density at radius 3 is 1.32 bits per heavy atom. The first-order valence-electron chi connectivity index (χ1n) is 12.1. The molecule has 0 aromatic carbocycles. The third kappa shape index (κ3) is 10.7. The van der Waals surface area contributed by atoms with E-state index in [0.29, 0.717) is 22.5 Å². The molecule has 2 rings (SSSR count). The van der Waals surface area contributed by atoms with Crippen LogP contribution in [-0.4, -0.2) is 60.7 Å². The van der Waals surface area contributed by atoms with Gasteiger partial charge in [-0.15, -0.1) is 0 Å². The molecule has 0 bridgehead atoms. The third-order valence-corrected chi connectivity index (χ3v) is 8.56. The number of ether oxygens (including phenoxy) is 2. The largest absolute Gasteiger partial charge is 0.460 e. The van der Waals surface area contributed by atoms with Crippen LogP contribution in [0, 0.1) is 0 Å². The molecule has 0 spiro atoms. The second-order valence-electron chi connectivity index (χ2n) is 7.63. The molecule has 14 heteroatoms. The Balaban J connectivity index is 2.00. The number of rotatable bonds is 17. The van der Waals surface area contributed by atoms with Crippen LogP contribution in [0.1, 0.15) is 38.8 Å². The van der Waals surface area contributed by atoms with E-state index < -0.39 is 39.5 Å². The molecule has 0 atom stereocenters. The Bertz CT molecular complexity index is 1050. The zero-order chi connectivity index (χ0) is 28.0. The van der Waals surface area contributed by atoms with Crippen molar-refractivity contribution < 1.29 is 46.3 Å². The zero-order valence-electron chi connectivity index (χ0n) is 22.0. The van der Waals surface area contributed by atoms with E-state index in [0.717, 1.165) is 0 Å². The summed E-state index contributed by atoms with van der Waals surface area (Å²) in [5, 5.41) is 0. The highest BCUT2D eigenvalue weighted by Gasteiger charge is 2.29. The Kier molecular flexibility index (Phi) is 13.2.